The van der Waals surface area contributed by atoms with Crippen LogP contribution in [0.1, 0.15) is 17.2 Å². The smallest absolute Gasteiger partial charge is 0.332 e. The molecule has 1 aliphatic rings. The van der Waals surface area contributed by atoms with Crippen molar-refractivity contribution in [2.45, 2.75) is 6.04 Å². The van der Waals surface area contributed by atoms with Gasteiger partial charge in [-0.1, -0.05) is 6.07 Å². The molecule has 1 unspecified atom stereocenters. The van der Waals surface area contributed by atoms with Crippen molar-refractivity contribution in [3.05, 3.63) is 50.2 Å². The van der Waals surface area contributed by atoms with Gasteiger partial charge in [-0.3, -0.25) is 19.2 Å². The van der Waals surface area contributed by atoms with Gasteiger partial charge in [-0.2, -0.15) is 0 Å². The molecule has 1 atom stereocenters. The van der Waals surface area contributed by atoms with Gasteiger partial charge in [0.1, 0.15) is 5.82 Å². The highest BCUT2D eigenvalue weighted by Crippen LogP contribution is 2.33. The van der Waals surface area contributed by atoms with Crippen molar-refractivity contribution < 1.29 is 14.6 Å². The van der Waals surface area contributed by atoms with Gasteiger partial charge in [0.2, 0.25) is 0 Å². The zero-order chi connectivity index (χ0) is 17.6. The minimum absolute atomic E-state index is 0.119. The standard InChI is InChI=1S/C15H16N4O5/c1-18-12-10(13(21)19(2)15(18)23)11(16-14(22)17-12)7-4-5-9(24-3)8(20)6-7/h4-6,11,20H,1-3H3,(H2,16,17,22). The maximum Gasteiger partial charge on any atom is 0.332 e. The first-order valence-corrected chi connectivity index (χ1v) is 7.09. The zero-order valence-electron chi connectivity index (χ0n) is 13.3. The van der Waals surface area contributed by atoms with Gasteiger partial charge < -0.3 is 15.2 Å². The third kappa shape index (κ3) is 2.21. The van der Waals surface area contributed by atoms with Crippen molar-refractivity contribution in [1.29, 1.82) is 0 Å². The van der Waals surface area contributed by atoms with Crippen LogP contribution in [-0.2, 0) is 14.1 Å². The third-order valence-electron chi connectivity index (χ3n) is 4.03. The van der Waals surface area contributed by atoms with Crippen LogP contribution in [0.3, 0.4) is 0 Å². The number of carbonyl (C=O) groups is 1. The fourth-order valence-electron chi connectivity index (χ4n) is 2.76. The Kier molecular flexibility index (Phi) is 3.55. The van der Waals surface area contributed by atoms with Crippen LogP contribution < -0.4 is 26.6 Å². The van der Waals surface area contributed by atoms with Gasteiger partial charge in [0.25, 0.3) is 5.56 Å². The highest BCUT2D eigenvalue weighted by Gasteiger charge is 2.32. The van der Waals surface area contributed by atoms with Crippen LogP contribution in [0.2, 0.25) is 0 Å². The quantitative estimate of drug-likeness (QED) is 0.717. The molecule has 0 spiro atoms. The maximum atomic E-state index is 12.6. The van der Waals surface area contributed by atoms with Crippen molar-refractivity contribution in [3.63, 3.8) is 0 Å². The number of phenols is 1. The number of nitrogens with one attached hydrogen (secondary N) is 2. The van der Waals surface area contributed by atoms with Gasteiger partial charge >= 0.3 is 11.7 Å². The van der Waals surface area contributed by atoms with Gasteiger partial charge in [-0.15, -0.1) is 0 Å². The molecule has 0 saturated heterocycles. The Morgan fingerprint density at radius 2 is 1.88 bits per heavy atom. The fourth-order valence-corrected chi connectivity index (χ4v) is 2.76. The molecule has 3 N–H and O–H groups in total. The average Bonchev–Trinajstić information content (AvgIpc) is 2.57. The second-order valence-corrected chi connectivity index (χ2v) is 5.43. The number of ether oxygens (including phenoxy) is 1. The van der Waals surface area contributed by atoms with Crippen LogP contribution in [0.4, 0.5) is 10.6 Å². The number of amides is 2. The average molecular weight is 332 g/mol. The molecular formula is C15H16N4O5. The Bertz CT molecular complexity index is 960. The molecule has 24 heavy (non-hydrogen) atoms. The van der Waals surface area contributed by atoms with Crippen molar-refractivity contribution in [2.75, 3.05) is 12.4 Å². The first-order chi connectivity index (χ1) is 11.3. The van der Waals surface area contributed by atoms with Gasteiger partial charge in [-0.25, -0.2) is 9.59 Å². The summed E-state index contributed by atoms with van der Waals surface area (Å²) >= 11 is 0. The summed E-state index contributed by atoms with van der Waals surface area (Å²) in [6.45, 7) is 0. The van der Waals surface area contributed by atoms with Crippen LogP contribution in [0.25, 0.3) is 0 Å². The number of hydrogen-bond acceptors (Lipinski definition) is 5. The minimum atomic E-state index is -0.809. The lowest BCUT2D eigenvalue weighted by Crippen LogP contribution is -2.49. The van der Waals surface area contributed by atoms with E-state index in [0.29, 0.717) is 5.56 Å². The molecule has 2 amide bonds. The molecule has 2 aromatic rings. The van der Waals surface area contributed by atoms with E-state index in [-0.39, 0.29) is 22.9 Å². The molecule has 0 aliphatic carbocycles. The summed E-state index contributed by atoms with van der Waals surface area (Å²) in [5.74, 6) is 0.283. The van der Waals surface area contributed by atoms with E-state index in [0.717, 1.165) is 4.57 Å². The van der Waals surface area contributed by atoms with E-state index in [2.05, 4.69) is 10.6 Å². The van der Waals surface area contributed by atoms with Gasteiger partial charge in [0.15, 0.2) is 11.5 Å². The van der Waals surface area contributed by atoms with E-state index in [1.165, 1.54) is 37.9 Å². The summed E-state index contributed by atoms with van der Waals surface area (Å²) in [6, 6.07) is 3.21. The van der Waals surface area contributed by atoms with Crippen molar-refractivity contribution >= 4 is 11.8 Å². The summed E-state index contributed by atoms with van der Waals surface area (Å²) in [7, 11) is 4.25. The van der Waals surface area contributed by atoms with Crippen LogP contribution in [0, 0.1) is 0 Å². The molecule has 0 bridgehead atoms. The zero-order valence-corrected chi connectivity index (χ0v) is 13.3. The lowest BCUT2D eigenvalue weighted by Gasteiger charge is -2.28. The monoisotopic (exact) mass is 332 g/mol. The largest absolute Gasteiger partial charge is 0.504 e. The molecule has 9 heteroatoms. The molecule has 126 valence electrons. The highest BCUT2D eigenvalue weighted by atomic mass is 16.5. The summed E-state index contributed by atoms with van der Waals surface area (Å²) in [4.78, 5) is 36.5. The second kappa shape index (κ2) is 5.44. The van der Waals surface area contributed by atoms with Gasteiger partial charge in [0, 0.05) is 14.1 Å². The number of nitrogens with zero attached hydrogens (tertiary/aromatic N) is 2. The molecule has 1 aromatic carbocycles. The normalized spacial score (nSPS) is 16.1. The molecular weight excluding hydrogens is 316 g/mol. The minimum Gasteiger partial charge on any atom is -0.504 e. The molecule has 0 saturated carbocycles. The van der Waals surface area contributed by atoms with E-state index in [9.17, 15) is 19.5 Å². The molecule has 1 aromatic heterocycles. The number of benzene rings is 1. The summed E-state index contributed by atoms with van der Waals surface area (Å²) in [5.41, 5.74) is -0.373. The van der Waals surface area contributed by atoms with E-state index in [1.807, 2.05) is 0 Å². The first-order valence-electron chi connectivity index (χ1n) is 7.09. The molecule has 0 fully saturated rings. The number of hydrogen-bond donors (Lipinski definition) is 3. The number of urea groups is 1. The first kappa shape index (κ1) is 15.7. The molecule has 2 heterocycles. The number of aromatic nitrogens is 2. The third-order valence-corrected chi connectivity index (χ3v) is 4.03. The lowest BCUT2D eigenvalue weighted by molar-refractivity contribution is 0.248. The number of methoxy groups -OCH3 is 1. The summed E-state index contributed by atoms with van der Waals surface area (Å²) in [5, 5.41) is 15.1. The number of rotatable bonds is 2. The Hall–Kier alpha value is -3.23. The predicted octanol–water partition coefficient (Wildman–Crippen LogP) is 0.0227. The SMILES string of the molecule is COc1ccc(C2NC(=O)Nc3c2c(=O)n(C)c(=O)n3C)cc1O. The Morgan fingerprint density at radius 3 is 2.50 bits per heavy atom. The number of anilines is 1. The van der Waals surface area contributed by atoms with E-state index in [4.69, 9.17) is 4.74 Å². The van der Waals surface area contributed by atoms with Crippen molar-refractivity contribution in [1.82, 2.24) is 14.5 Å². The summed E-state index contributed by atoms with van der Waals surface area (Å²) in [6.07, 6.45) is 0. The Morgan fingerprint density at radius 1 is 1.17 bits per heavy atom. The Labute approximate surface area is 136 Å². The maximum absolute atomic E-state index is 12.6. The van der Waals surface area contributed by atoms with E-state index < -0.39 is 23.3 Å². The molecule has 3 rings (SSSR count). The van der Waals surface area contributed by atoms with Gasteiger partial charge in [0.05, 0.1) is 18.7 Å². The highest BCUT2D eigenvalue weighted by molar-refractivity contribution is 5.92. The summed E-state index contributed by atoms with van der Waals surface area (Å²) < 4.78 is 7.16. The number of carbonyl (C=O) groups excluding carboxylic acids is 1. The molecule has 0 radical (unpaired) electrons. The number of aromatic hydroxyl groups is 1. The van der Waals surface area contributed by atoms with Crippen LogP contribution in [0.15, 0.2) is 27.8 Å². The van der Waals surface area contributed by atoms with Crippen LogP contribution in [0.5, 0.6) is 11.5 Å². The number of fused-ring (bicyclic) bond motifs is 1. The lowest BCUT2D eigenvalue weighted by atomic mass is 9.98. The van der Waals surface area contributed by atoms with Gasteiger partial charge in [-0.05, 0) is 17.7 Å². The fraction of sp³-hybridized carbons (Fsp3) is 0.267. The predicted molar refractivity (Wildman–Crippen MR) is 85.6 cm³/mol. The number of phenolic OH excluding ortho intramolecular Hbond substituents is 1. The van der Waals surface area contributed by atoms with Crippen LogP contribution >= 0.6 is 0 Å². The molecule has 1 aliphatic heterocycles. The van der Waals surface area contributed by atoms with E-state index in [1.54, 1.807) is 6.07 Å². The van der Waals surface area contributed by atoms with Crippen molar-refractivity contribution in [3.8, 4) is 11.5 Å². The Balaban J connectivity index is 2.27. The second-order valence-electron chi connectivity index (χ2n) is 5.43. The van der Waals surface area contributed by atoms with Crippen molar-refractivity contribution in [2.24, 2.45) is 14.1 Å². The molecule has 9 nitrogen and oxygen atoms in total. The van der Waals surface area contributed by atoms with Crippen LogP contribution in [-0.4, -0.2) is 27.4 Å². The van der Waals surface area contributed by atoms with E-state index >= 15 is 0 Å². The topological polar surface area (TPSA) is 115 Å².